The summed E-state index contributed by atoms with van der Waals surface area (Å²) in [5.41, 5.74) is 2.54. The summed E-state index contributed by atoms with van der Waals surface area (Å²) in [6.07, 6.45) is 2.39. The minimum Gasteiger partial charge on any atom is -0.349 e. The Kier molecular flexibility index (Phi) is 4.12. The minimum atomic E-state index is 0.0167. The number of nitrogens with zero attached hydrogens (tertiary/aromatic N) is 1. The van der Waals surface area contributed by atoms with Crippen LogP contribution in [0.15, 0.2) is 5.51 Å². The van der Waals surface area contributed by atoms with Crippen LogP contribution in [0.4, 0.5) is 0 Å². The van der Waals surface area contributed by atoms with Gasteiger partial charge in [0.25, 0.3) is 5.91 Å². The third-order valence-electron chi connectivity index (χ3n) is 3.35. The van der Waals surface area contributed by atoms with Crippen molar-refractivity contribution < 1.29 is 4.79 Å². The van der Waals surface area contributed by atoms with Gasteiger partial charge in [-0.15, -0.1) is 11.3 Å². The number of hydrogen-bond acceptors (Lipinski definition) is 4. The van der Waals surface area contributed by atoms with E-state index in [0.29, 0.717) is 5.92 Å². The van der Waals surface area contributed by atoms with Gasteiger partial charge >= 0.3 is 0 Å². The molecule has 0 spiro atoms. The molecule has 2 N–H and O–H groups in total. The monoisotopic (exact) mass is 253 g/mol. The zero-order valence-corrected chi connectivity index (χ0v) is 11.1. The van der Waals surface area contributed by atoms with Crippen molar-refractivity contribution in [2.24, 2.45) is 5.92 Å². The van der Waals surface area contributed by atoms with Gasteiger partial charge in [-0.05, 0) is 45.7 Å². The molecule has 2 rings (SSSR count). The van der Waals surface area contributed by atoms with Crippen LogP contribution in [0.5, 0.6) is 0 Å². The second-order valence-electron chi connectivity index (χ2n) is 4.64. The molecule has 0 aliphatic carbocycles. The smallest absolute Gasteiger partial charge is 0.263 e. The standard InChI is InChI=1S/C12H19N3OS/c1-8(10-4-3-5-13-6-10)15-12(16)11-9(2)14-7-17-11/h7-8,10,13H,3-6H2,1-2H3,(H,15,16). The predicted molar refractivity (Wildman–Crippen MR) is 69.4 cm³/mol. The molecule has 0 saturated carbocycles. The van der Waals surface area contributed by atoms with Gasteiger partial charge in [0.15, 0.2) is 0 Å². The Hall–Kier alpha value is -0.940. The third kappa shape index (κ3) is 3.04. The molecule has 4 nitrogen and oxygen atoms in total. The van der Waals surface area contributed by atoms with Crippen molar-refractivity contribution in [2.45, 2.75) is 32.7 Å². The Morgan fingerprint density at radius 2 is 2.53 bits per heavy atom. The van der Waals surface area contributed by atoms with Crippen LogP contribution < -0.4 is 10.6 Å². The van der Waals surface area contributed by atoms with E-state index >= 15 is 0 Å². The highest BCUT2D eigenvalue weighted by atomic mass is 32.1. The zero-order valence-electron chi connectivity index (χ0n) is 10.3. The summed E-state index contributed by atoms with van der Waals surface area (Å²) in [5.74, 6) is 0.559. The number of carbonyl (C=O) groups is 1. The van der Waals surface area contributed by atoms with Crippen LogP contribution >= 0.6 is 11.3 Å². The first-order valence-corrected chi connectivity index (χ1v) is 6.98. The van der Waals surface area contributed by atoms with E-state index in [4.69, 9.17) is 0 Å². The molecule has 2 unspecified atom stereocenters. The van der Waals surface area contributed by atoms with Gasteiger partial charge in [0.1, 0.15) is 4.88 Å². The summed E-state index contributed by atoms with van der Waals surface area (Å²) in [6, 6.07) is 0.219. The first-order valence-electron chi connectivity index (χ1n) is 6.10. The highest BCUT2D eigenvalue weighted by Crippen LogP contribution is 2.16. The van der Waals surface area contributed by atoms with Crippen molar-refractivity contribution in [3.63, 3.8) is 0 Å². The second kappa shape index (κ2) is 5.60. The van der Waals surface area contributed by atoms with Crippen molar-refractivity contribution in [3.05, 3.63) is 16.1 Å². The first-order chi connectivity index (χ1) is 8.18. The lowest BCUT2D eigenvalue weighted by Gasteiger charge is -2.28. The molecule has 5 heteroatoms. The number of hydrogen-bond donors (Lipinski definition) is 2. The third-order valence-corrected chi connectivity index (χ3v) is 4.28. The fourth-order valence-electron chi connectivity index (χ4n) is 2.22. The number of carbonyl (C=O) groups excluding carboxylic acids is 1. The van der Waals surface area contributed by atoms with Crippen LogP contribution in [0.1, 0.15) is 35.1 Å². The molecule has 1 amide bonds. The van der Waals surface area contributed by atoms with Crippen molar-refractivity contribution >= 4 is 17.2 Å². The van der Waals surface area contributed by atoms with Crippen molar-refractivity contribution in [3.8, 4) is 0 Å². The lowest BCUT2D eigenvalue weighted by molar-refractivity contribution is 0.0925. The van der Waals surface area contributed by atoms with Gasteiger partial charge in [-0.1, -0.05) is 0 Å². The SMILES string of the molecule is Cc1ncsc1C(=O)NC(C)C1CCCNC1. The van der Waals surface area contributed by atoms with E-state index in [1.807, 2.05) is 6.92 Å². The molecule has 1 aliphatic heterocycles. The van der Waals surface area contributed by atoms with E-state index in [0.717, 1.165) is 23.7 Å². The molecular weight excluding hydrogens is 234 g/mol. The fourth-order valence-corrected chi connectivity index (χ4v) is 2.92. The van der Waals surface area contributed by atoms with Gasteiger partial charge in [0.2, 0.25) is 0 Å². The molecule has 1 aliphatic rings. The molecule has 2 atom stereocenters. The maximum Gasteiger partial charge on any atom is 0.263 e. The first kappa shape index (κ1) is 12.5. The number of rotatable bonds is 3. The van der Waals surface area contributed by atoms with E-state index in [1.165, 1.54) is 24.2 Å². The summed E-state index contributed by atoms with van der Waals surface area (Å²) in [6.45, 7) is 6.07. The normalized spacial score (nSPS) is 22.1. The van der Waals surface area contributed by atoms with Crippen molar-refractivity contribution in [2.75, 3.05) is 13.1 Å². The van der Waals surface area contributed by atoms with Crippen LogP contribution in [0.25, 0.3) is 0 Å². The van der Waals surface area contributed by atoms with Gasteiger partial charge in [-0.3, -0.25) is 4.79 Å². The molecule has 1 fully saturated rings. The molecule has 94 valence electrons. The van der Waals surface area contributed by atoms with Gasteiger partial charge in [0, 0.05) is 6.04 Å². The molecule has 0 radical (unpaired) electrons. The molecule has 2 heterocycles. The quantitative estimate of drug-likeness (QED) is 0.859. The van der Waals surface area contributed by atoms with E-state index in [9.17, 15) is 4.79 Å². The Balaban J connectivity index is 1.92. The Labute approximate surface area is 106 Å². The maximum atomic E-state index is 12.0. The summed E-state index contributed by atoms with van der Waals surface area (Å²) >= 11 is 1.41. The minimum absolute atomic E-state index is 0.0167. The molecular formula is C12H19N3OS. The number of amides is 1. The summed E-state index contributed by atoms with van der Waals surface area (Å²) in [4.78, 5) is 16.9. The Morgan fingerprint density at radius 3 is 3.12 bits per heavy atom. The number of thiazole rings is 1. The van der Waals surface area contributed by atoms with Crippen molar-refractivity contribution in [1.82, 2.24) is 15.6 Å². The second-order valence-corrected chi connectivity index (χ2v) is 5.49. The number of nitrogens with one attached hydrogen (secondary N) is 2. The molecule has 17 heavy (non-hydrogen) atoms. The average molecular weight is 253 g/mol. The van der Waals surface area contributed by atoms with E-state index in [2.05, 4.69) is 22.5 Å². The van der Waals surface area contributed by atoms with Crippen LogP contribution in [0, 0.1) is 12.8 Å². The summed E-state index contributed by atoms with van der Waals surface area (Å²) in [5, 5.41) is 6.46. The van der Waals surface area contributed by atoms with Gasteiger partial charge in [0.05, 0.1) is 11.2 Å². The van der Waals surface area contributed by atoms with E-state index in [-0.39, 0.29) is 11.9 Å². The largest absolute Gasteiger partial charge is 0.349 e. The maximum absolute atomic E-state index is 12.0. The molecule has 1 aromatic rings. The average Bonchev–Trinajstić information content (AvgIpc) is 2.76. The summed E-state index contributed by atoms with van der Waals surface area (Å²) in [7, 11) is 0. The van der Waals surface area contributed by atoms with Crippen LogP contribution in [-0.4, -0.2) is 30.0 Å². The Bertz CT molecular complexity index is 385. The van der Waals surface area contributed by atoms with Crippen LogP contribution in [0.2, 0.25) is 0 Å². The van der Waals surface area contributed by atoms with Gasteiger partial charge in [-0.25, -0.2) is 4.98 Å². The topological polar surface area (TPSA) is 54.0 Å². The number of aryl methyl sites for hydroxylation is 1. The number of piperidine rings is 1. The van der Waals surface area contributed by atoms with Crippen molar-refractivity contribution in [1.29, 1.82) is 0 Å². The van der Waals surface area contributed by atoms with E-state index < -0.39 is 0 Å². The lowest BCUT2D eigenvalue weighted by atomic mass is 9.93. The molecule has 0 bridgehead atoms. The highest BCUT2D eigenvalue weighted by Gasteiger charge is 2.22. The zero-order chi connectivity index (χ0) is 12.3. The Morgan fingerprint density at radius 1 is 1.71 bits per heavy atom. The van der Waals surface area contributed by atoms with Crippen LogP contribution in [0.3, 0.4) is 0 Å². The fraction of sp³-hybridized carbons (Fsp3) is 0.667. The predicted octanol–water partition coefficient (Wildman–Crippen LogP) is 1.57. The van der Waals surface area contributed by atoms with Gasteiger partial charge in [-0.2, -0.15) is 0 Å². The van der Waals surface area contributed by atoms with Crippen LogP contribution in [-0.2, 0) is 0 Å². The molecule has 1 aromatic heterocycles. The number of aromatic nitrogens is 1. The highest BCUT2D eigenvalue weighted by molar-refractivity contribution is 7.11. The summed E-state index contributed by atoms with van der Waals surface area (Å²) < 4.78 is 0. The lowest BCUT2D eigenvalue weighted by Crippen LogP contribution is -2.44. The molecule has 0 aromatic carbocycles. The van der Waals surface area contributed by atoms with E-state index in [1.54, 1.807) is 5.51 Å². The molecule has 1 saturated heterocycles. The van der Waals surface area contributed by atoms with Gasteiger partial charge < -0.3 is 10.6 Å².